The van der Waals surface area contributed by atoms with Crippen molar-refractivity contribution >= 4 is 10.8 Å². The normalized spacial score (nSPS) is 11.5. The molecular formula is C16H17NO. The third-order valence-corrected chi connectivity index (χ3v) is 3.16. The van der Waals surface area contributed by atoms with Gasteiger partial charge < -0.3 is 5.11 Å². The van der Waals surface area contributed by atoms with Crippen LogP contribution in [0.3, 0.4) is 0 Å². The van der Waals surface area contributed by atoms with Crippen LogP contribution >= 0.6 is 0 Å². The molecule has 92 valence electrons. The highest BCUT2D eigenvalue weighted by Crippen LogP contribution is 2.33. The smallest absolute Gasteiger partial charge is 0.0991 e. The van der Waals surface area contributed by atoms with Gasteiger partial charge in [0.25, 0.3) is 0 Å². The van der Waals surface area contributed by atoms with Gasteiger partial charge in [0.05, 0.1) is 18.2 Å². The van der Waals surface area contributed by atoms with E-state index in [0.29, 0.717) is 5.56 Å². The molecular weight excluding hydrogens is 222 g/mol. The average molecular weight is 239 g/mol. The highest BCUT2D eigenvalue weighted by Gasteiger charge is 2.20. The topological polar surface area (TPSA) is 44.0 Å². The molecule has 0 saturated carbocycles. The summed E-state index contributed by atoms with van der Waals surface area (Å²) in [6, 6.07) is 11.8. The fraction of sp³-hybridized carbons (Fsp3) is 0.312. The Labute approximate surface area is 107 Å². The van der Waals surface area contributed by atoms with Gasteiger partial charge in [0.15, 0.2) is 0 Å². The molecule has 0 atom stereocenters. The lowest BCUT2D eigenvalue weighted by Crippen LogP contribution is -2.15. The Kier molecular flexibility index (Phi) is 3.11. The van der Waals surface area contributed by atoms with Crippen LogP contribution in [-0.2, 0) is 12.0 Å². The molecule has 0 bridgehead atoms. The predicted molar refractivity (Wildman–Crippen MR) is 73.3 cm³/mol. The number of fused-ring (bicyclic) bond motifs is 1. The van der Waals surface area contributed by atoms with Gasteiger partial charge in [0, 0.05) is 0 Å². The first-order chi connectivity index (χ1) is 8.47. The second-order valence-electron chi connectivity index (χ2n) is 5.56. The molecule has 2 rings (SSSR count). The van der Waals surface area contributed by atoms with Gasteiger partial charge in [-0.3, -0.25) is 0 Å². The lowest BCUT2D eigenvalue weighted by atomic mass is 9.80. The summed E-state index contributed by atoms with van der Waals surface area (Å²) in [5.74, 6) is 0. The SMILES string of the molecule is CC(C)(C)c1c(CO)ccc2cc(C#N)ccc12. The van der Waals surface area contributed by atoms with Gasteiger partial charge in [-0.15, -0.1) is 0 Å². The van der Waals surface area contributed by atoms with Crippen molar-refractivity contribution in [1.29, 1.82) is 5.26 Å². The van der Waals surface area contributed by atoms with E-state index in [-0.39, 0.29) is 12.0 Å². The lowest BCUT2D eigenvalue weighted by molar-refractivity contribution is 0.279. The van der Waals surface area contributed by atoms with Crippen LogP contribution < -0.4 is 0 Å². The summed E-state index contributed by atoms with van der Waals surface area (Å²) < 4.78 is 0. The lowest BCUT2D eigenvalue weighted by Gasteiger charge is -2.24. The zero-order valence-electron chi connectivity index (χ0n) is 11.0. The first-order valence-corrected chi connectivity index (χ1v) is 6.04. The first-order valence-electron chi connectivity index (χ1n) is 6.04. The molecule has 0 aliphatic carbocycles. The van der Waals surface area contributed by atoms with Gasteiger partial charge in [0.2, 0.25) is 0 Å². The van der Waals surface area contributed by atoms with Gasteiger partial charge >= 0.3 is 0 Å². The molecule has 0 heterocycles. The molecule has 0 aliphatic rings. The summed E-state index contributed by atoms with van der Waals surface area (Å²) in [6.45, 7) is 6.46. The summed E-state index contributed by atoms with van der Waals surface area (Å²) in [4.78, 5) is 0. The van der Waals surface area contributed by atoms with E-state index in [4.69, 9.17) is 5.26 Å². The van der Waals surface area contributed by atoms with E-state index in [9.17, 15) is 5.11 Å². The van der Waals surface area contributed by atoms with E-state index >= 15 is 0 Å². The molecule has 0 amide bonds. The number of hydrogen-bond acceptors (Lipinski definition) is 2. The molecule has 2 aromatic rings. The van der Waals surface area contributed by atoms with E-state index in [1.807, 2.05) is 30.3 Å². The van der Waals surface area contributed by atoms with Crippen LogP contribution in [0.2, 0.25) is 0 Å². The summed E-state index contributed by atoms with van der Waals surface area (Å²) >= 11 is 0. The van der Waals surface area contributed by atoms with E-state index < -0.39 is 0 Å². The molecule has 1 N–H and O–H groups in total. The van der Waals surface area contributed by atoms with E-state index in [2.05, 4.69) is 26.8 Å². The van der Waals surface area contributed by atoms with Crippen LogP contribution in [0.25, 0.3) is 10.8 Å². The largest absolute Gasteiger partial charge is 0.392 e. The zero-order chi connectivity index (χ0) is 13.3. The highest BCUT2D eigenvalue weighted by atomic mass is 16.3. The van der Waals surface area contributed by atoms with Crippen molar-refractivity contribution in [3.05, 3.63) is 47.0 Å². The Morgan fingerprint density at radius 3 is 2.44 bits per heavy atom. The number of aliphatic hydroxyl groups excluding tert-OH is 1. The number of aliphatic hydroxyl groups is 1. The van der Waals surface area contributed by atoms with Crippen LogP contribution in [-0.4, -0.2) is 5.11 Å². The van der Waals surface area contributed by atoms with Crippen molar-refractivity contribution < 1.29 is 5.11 Å². The third kappa shape index (κ3) is 2.10. The standard InChI is InChI=1S/C16H17NO/c1-16(2,3)15-13(10-18)6-5-12-8-11(9-17)4-7-14(12)15/h4-8,18H,10H2,1-3H3. The molecule has 0 saturated heterocycles. The van der Waals surface area contributed by atoms with Crippen molar-refractivity contribution in [3.63, 3.8) is 0 Å². The van der Waals surface area contributed by atoms with Crippen molar-refractivity contribution in [2.45, 2.75) is 32.8 Å². The minimum atomic E-state index is -0.0360. The quantitative estimate of drug-likeness (QED) is 0.827. The summed E-state index contributed by atoms with van der Waals surface area (Å²) in [7, 11) is 0. The molecule has 2 aromatic carbocycles. The molecule has 0 fully saturated rings. The van der Waals surface area contributed by atoms with Crippen molar-refractivity contribution in [2.24, 2.45) is 0 Å². The minimum Gasteiger partial charge on any atom is -0.392 e. The summed E-state index contributed by atoms with van der Waals surface area (Å²) in [5.41, 5.74) is 2.75. The first kappa shape index (κ1) is 12.6. The Morgan fingerprint density at radius 1 is 1.17 bits per heavy atom. The molecule has 2 heteroatoms. The zero-order valence-corrected chi connectivity index (χ0v) is 11.0. The maximum atomic E-state index is 9.49. The van der Waals surface area contributed by atoms with Gasteiger partial charge in [0.1, 0.15) is 0 Å². The second kappa shape index (κ2) is 4.44. The van der Waals surface area contributed by atoms with Crippen molar-refractivity contribution in [2.75, 3.05) is 0 Å². The summed E-state index contributed by atoms with van der Waals surface area (Å²) in [5, 5.41) is 20.6. The van der Waals surface area contributed by atoms with Crippen molar-refractivity contribution in [1.82, 2.24) is 0 Å². The van der Waals surface area contributed by atoms with E-state index in [0.717, 1.165) is 21.9 Å². The molecule has 0 radical (unpaired) electrons. The monoisotopic (exact) mass is 239 g/mol. The van der Waals surface area contributed by atoms with Crippen LogP contribution in [0, 0.1) is 11.3 Å². The third-order valence-electron chi connectivity index (χ3n) is 3.16. The fourth-order valence-electron chi connectivity index (χ4n) is 2.46. The fourth-order valence-corrected chi connectivity index (χ4v) is 2.46. The van der Waals surface area contributed by atoms with E-state index in [1.54, 1.807) is 0 Å². The molecule has 0 spiro atoms. The maximum absolute atomic E-state index is 9.49. The predicted octanol–water partition coefficient (Wildman–Crippen LogP) is 3.50. The number of benzene rings is 2. The number of hydrogen-bond donors (Lipinski definition) is 1. The molecule has 0 unspecified atom stereocenters. The summed E-state index contributed by atoms with van der Waals surface area (Å²) in [6.07, 6.45) is 0. The van der Waals surface area contributed by atoms with Crippen molar-refractivity contribution in [3.8, 4) is 6.07 Å². The Morgan fingerprint density at radius 2 is 1.89 bits per heavy atom. The number of nitrogens with zero attached hydrogens (tertiary/aromatic N) is 1. The Bertz CT molecular complexity index is 630. The Balaban J connectivity index is 2.83. The average Bonchev–Trinajstić information content (AvgIpc) is 2.35. The van der Waals surface area contributed by atoms with Gasteiger partial charge in [-0.1, -0.05) is 39.0 Å². The molecule has 18 heavy (non-hydrogen) atoms. The van der Waals surface area contributed by atoms with Crippen LogP contribution in [0.4, 0.5) is 0 Å². The number of nitriles is 1. The van der Waals surface area contributed by atoms with Crippen LogP contribution in [0.1, 0.15) is 37.5 Å². The van der Waals surface area contributed by atoms with E-state index in [1.165, 1.54) is 0 Å². The molecule has 0 aliphatic heterocycles. The Hall–Kier alpha value is -1.85. The second-order valence-corrected chi connectivity index (χ2v) is 5.56. The number of rotatable bonds is 1. The van der Waals surface area contributed by atoms with Gasteiger partial charge in [-0.25, -0.2) is 0 Å². The maximum Gasteiger partial charge on any atom is 0.0991 e. The van der Waals surface area contributed by atoms with Gasteiger partial charge in [-0.2, -0.15) is 5.26 Å². The highest BCUT2D eigenvalue weighted by molar-refractivity contribution is 5.88. The molecule has 0 aromatic heterocycles. The van der Waals surface area contributed by atoms with Gasteiger partial charge in [-0.05, 0) is 39.4 Å². The molecule has 2 nitrogen and oxygen atoms in total. The minimum absolute atomic E-state index is 0.0360. The van der Waals surface area contributed by atoms with Crippen LogP contribution in [0.5, 0.6) is 0 Å². The van der Waals surface area contributed by atoms with Crippen LogP contribution in [0.15, 0.2) is 30.3 Å².